The molecular weight excluding hydrogens is 318 g/mol. The molecule has 4 rings (SSSR count). The maximum absolute atomic E-state index is 6.37. The van der Waals surface area contributed by atoms with Crippen LogP contribution in [0.1, 0.15) is 37.7 Å². The molecule has 1 saturated carbocycles. The fourth-order valence-electron chi connectivity index (χ4n) is 3.46. The Balaban J connectivity index is 0.000000219. The van der Waals surface area contributed by atoms with Crippen LogP contribution < -0.4 is 17.4 Å². The van der Waals surface area contributed by atoms with Crippen molar-refractivity contribution >= 4 is 17.9 Å². The number of hydrogen-bond acceptors (Lipinski definition) is 7. The lowest BCUT2D eigenvalue weighted by Crippen LogP contribution is -2.41. The second-order valence-corrected chi connectivity index (χ2v) is 6.68. The number of nitrogens with two attached hydrogens (primary N) is 3. The monoisotopic (exact) mass is 347 g/mol. The summed E-state index contributed by atoms with van der Waals surface area (Å²) in [4.78, 5) is 7.34. The van der Waals surface area contributed by atoms with Crippen LogP contribution in [-0.4, -0.2) is 47.6 Å². The van der Waals surface area contributed by atoms with Crippen LogP contribution in [0.4, 0.5) is 5.82 Å². The number of hydrazine groups is 2. The van der Waals surface area contributed by atoms with E-state index in [0.717, 1.165) is 49.1 Å². The van der Waals surface area contributed by atoms with Crippen molar-refractivity contribution in [1.82, 2.24) is 15.0 Å². The van der Waals surface area contributed by atoms with Gasteiger partial charge in [0.2, 0.25) is 0 Å². The maximum Gasteiger partial charge on any atom is 0.141 e. The summed E-state index contributed by atoms with van der Waals surface area (Å²) in [6.07, 6.45) is 9.66. The molecule has 0 amide bonds. The lowest BCUT2D eigenvalue weighted by atomic mass is 9.85. The number of rotatable bonds is 1. The second-order valence-electron chi connectivity index (χ2n) is 6.68. The molecule has 1 saturated heterocycles. The maximum atomic E-state index is 6.37. The van der Waals surface area contributed by atoms with Crippen LogP contribution in [0.3, 0.4) is 0 Å². The number of nitrogens with zero attached hydrogens (tertiary/aromatic N) is 3. The lowest BCUT2D eigenvalue weighted by Gasteiger charge is -2.28. The summed E-state index contributed by atoms with van der Waals surface area (Å²) in [6, 6.07) is 1.98. The van der Waals surface area contributed by atoms with Crippen molar-refractivity contribution in [2.45, 2.75) is 32.1 Å². The van der Waals surface area contributed by atoms with Gasteiger partial charge in [-0.3, -0.25) is 10.9 Å². The third kappa shape index (κ3) is 4.40. The molecule has 2 fully saturated rings. The van der Waals surface area contributed by atoms with Crippen molar-refractivity contribution < 1.29 is 4.74 Å². The molecule has 0 spiro atoms. The minimum absolute atomic E-state index is 0.453. The van der Waals surface area contributed by atoms with Gasteiger partial charge >= 0.3 is 0 Å². The summed E-state index contributed by atoms with van der Waals surface area (Å²) in [5, 5.41) is 3.31. The van der Waals surface area contributed by atoms with Gasteiger partial charge in [-0.25, -0.2) is 15.8 Å². The van der Waals surface area contributed by atoms with E-state index in [1.807, 2.05) is 12.3 Å². The fourth-order valence-corrected chi connectivity index (χ4v) is 3.46. The van der Waals surface area contributed by atoms with Gasteiger partial charge in [0.25, 0.3) is 0 Å². The highest BCUT2D eigenvalue weighted by atomic mass is 16.5. The zero-order chi connectivity index (χ0) is 17.6. The van der Waals surface area contributed by atoms with Crippen molar-refractivity contribution in [1.29, 1.82) is 0 Å². The van der Waals surface area contributed by atoms with Crippen molar-refractivity contribution in [2.75, 3.05) is 26.3 Å². The highest BCUT2D eigenvalue weighted by Gasteiger charge is 2.25. The molecule has 3 aliphatic rings. The Morgan fingerprint density at radius 2 is 1.88 bits per heavy atom. The first-order valence-corrected chi connectivity index (χ1v) is 8.99. The van der Waals surface area contributed by atoms with E-state index >= 15 is 0 Å². The topological polar surface area (TPSA) is 122 Å². The Kier molecular flexibility index (Phi) is 6.09. The van der Waals surface area contributed by atoms with Gasteiger partial charge in [0.15, 0.2) is 0 Å². The predicted octanol–water partition coefficient (Wildman–Crippen LogP) is 1.26. The molecule has 0 aromatic carbocycles. The molecule has 1 aliphatic carbocycles. The summed E-state index contributed by atoms with van der Waals surface area (Å²) >= 11 is 0. The van der Waals surface area contributed by atoms with Crippen LogP contribution in [0.25, 0.3) is 5.70 Å². The van der Waals surface area contributed by atoms with E-state index in [1.165, 1.54) is 32.1 Å². The van der Waals surface area contributed by atoms with Crippen LogP contribution in [0.2, 0.25) is 0 Å². The number of hydrogen-bond donors (Lipinski definition) is 4. The molecule has 8 nitrogen and oxygen atoms in total. The lowest BCUT2D eigenvalue weighted by molar-refractivity contribution is 0.0378. The third-order valence-electron chi connectivity index (χ3n) is 4.91. The highest BCUT2D eigenvalue weighted by Crippen LogP contribution is 2.36. The first-order chi connectivity index (χ1) is 12.2. The molecule has 8 heteroatoms. The van der Waals surface area contributed by atoms with Crippen molar-refractivity contribution in [3.05, 3.63) is 23.5 Å². The zero-order valence-electron chi connectivity index (χ0n) is 14.7. The van der Waals surface area contributed by atoms with Gasteiger partial charge in [-0.1, -0.05) is 19.3 Å². The first kappa shape index (κ1) is 17.9. The number of aromatic nitrogens is 1. The molecule has 0 unspecified atom stereocenters. The summed E-state index contributed by atoms with van der Waals surface area (Å²) in [6.45, 7) is 3.33. The van der Waals surface area contributed by atoms with E-state index in [-0.39, 0.29) is 0 Å². The zero-order valence-corrected chi connectivity index (χ0v) is 14.7. The van der Waals surface area contributed by atoms with Crippen molar-refractivity contribution in [2.24, 2.45) is 28.3 Å². The van der Waals surface area contributed by atoms with Crippen LogP contribution in [-0.2, 0) is 4.74 Å². The van der Waals surface area contributed by atoms with E-state index < -0.39 is 0 Å². The highest BCUT2D eigenvalue weighted by molar-refractivity contribution is 5.86. The smallest absolute Gasteiger partial charge is 0.141 e. The predicted molar refractivity (Wildman–Crippen MR) is 99.2 cm³/mol. The summed E-state index contributed by atoms with van der Waals surface area (Å²) < 4.78 is 5.02. The number of aliphatic imine (C=N–C) groups is 1. The van der Waals surface area contributed by atoms with Gasteiger partial charge < -0.3 is 15.5 Å². The minimum Gasteiger partial charge on any atom is -0.400 e. The molecule has 0 radical (unpaired) electrons. The Labute approximate surface area is 148 Å². The number of aromatic amines is 1. The van der Waals surface area contributed by atoms with Crippen molar-refractivity contribution in [3.8, 4) is 0 Å². The Bertz CT molecular complexity index is 612. The van der Waals surface area contributed by atoms with Gasteiger partial charge in [-0.2, -0.15) is 0 Å². The second kappa shape index (κ2) is 8.48. The molecule has 2 aliphatic heterocycles. The summed E-state index contributed by atoms with van der Waals surface area (Å²) in [7, 11) is 0. The molecular formula is C17H29N7O. The molecule has 25 heavy (non-hydrogen) atoms. The van der Waals surface area contributed by atoms with E-state index in [9.17, 15) is 0 Å². The van der Waals surface area contributed by atoms with Gasteiger partial charge in [0.05, 0.1) is 18.9 Å². The quantitative estimate of drug-likeness (QED) is 0.567. The number of morpholine rings is 1. The molecule has 3 heterocycles. The Morgan fingerprint density at radius 1 is 1.16 bits per heavy atom. The minimum atomic E-state index is 0.453. The summed E-state index contributed by atoms with van der Waals surface area (Å²) in [5.74, 6) is 12.7. The van der Waals surface area contributed by atoms with Gasteiger partial charge in [-0.05, 0) is 18.9 Å². The first-order valence-electron chi connectivity index (χ1n) is 8.99. The number of allylic oxidation sites excluding steroid dienone is 1. The normalized spacial score (nSPS) is 23.7. The third-order valence-corrected chi connectivity index (χ3v) is 4.91. The largest absolute Gasteiger partial charge is 0.400 e. The standard InChI is InChI=1S/C13H19N5.C4H10N2O/c14-11(9-4-2-1-3-5-9)12-10-6-7-16-13(10)17-8-18(12)15;5-6-1-3-7-4-2-6/h6-9,16H,1-5,14-15H2;1-5H2/b12-11-;. The van der Waals surface area contributed by atoms with E-state index in [0.29, 0.717) is 5.92 Å². The average molecular weight is 347 g/mol. The van der Waals surface area contributed by atoms with Crippen LogP contribution in [0.5, 0.6) is 0 Å². The molecule has 0 atom stereocenters. The molecule has 1 aromatic rings. The Hall–Kier alpha value is -1.87. The molecule has 0 bridgehead atoms. The van der Waals surface area contributed by atoms with Gasteiger partial charge in [0.1, 0.15) is 12.2 Å². The fraction of sp³-hybridized carbons (Fsp3) is 0.588. The van der Waals surface area contributed by atoms with Crippen LogP contribution in [0.15, 0.2) is 23.0 Å². The van der Waals surface area contributed by atoms with E-state index in [4.69, 9.17) is 22.2 Å². The number of fused-ring (bicyclic) bond motifs is 1. The SMILES string of the molecule is N/C(=C1/c2cc[nH]c2N=CN1N)C1CCCCC1.NN1CCOCC1. The number of H-pyrrole nitrogens is 1. The number of ether oxygens (including phenoxy) is 1. The molecule has 7 N–H and O–H groups in total. The molecule has 1 aromatic heterocycles. The van der Waals surface area contributed by atoms with E-state index in [2.05, 4.69) is 9.98 Å². The van der Waals surface area contributed by atoms with Crippen molar-refractivity contribution in [3.63, 3.8) is 0 Å². The van der Waals surface area contributed by atoms with Crippen LogP contribution >= 0.6 is 0 Å². The van der Waals surface area contributed by atoms with Crippen LogP contribution in [0, 0.1) is 5.92 Å². The Morgan fingerprint density at radius 3 is 2.52 bits per heavy atom. The van der Waals surface area contributed by atoms with Gasteiger partial charge in [0, 0.05) is 36.5 Å². The van der Waals surface area contributed by atoms with E-state index in [1.54, 1.807) is 16.4 Å². The molecule has 138 valence electrons. The van der Waals surface area contributed by atoms with Gasteiger partial charge in [-0.15, -0.1) is 0 Å². The average Bonchev–Trinajstić information content (AvgIpc) is 3.12. The summed E-state index contributed by atoms with van der Waals surface area (Å²) in [5.41, 5.74) is 9.19. The number of nitrogens with one attached hydrogen (secondary N) is 1.